The molecule has 0 saturated heterocycles. The first-order valence-electron chi connectivity index (χ1n) is 8.30. The zero-order chi connectivity index (χ0) is 17.8. The molecule has 1 heterocycles. The van der Waals surface area contributed by atoms with E-state index in [0.717, 1.165) is 27.5 Å². The van der Waals surface area contributed by atoms with Crippen LogP contribution >= 0.6 is 12.0 Å². The average Bonchev–Trinajstić information content (AvgIpc) is 2.69. The topological polar surface area (TPSA) is 30.7 Å². The molecule has 0 unspecified atom stereocenters. The van der Waals surface area contributed by atoms with Crippen LogP contribution in [-0.4, -0.2) is 17.5 Å². The molecule has 3 aromatic rings. The van der Waals surface area contributed by atoms with Crippen LogP contribution in [0.2, 0.25) is 0 Å². The minimum atomic E-state index is 0.498. The van der Waals surface area contributed by atoms with Crippen molar-refractivity contribution < 1.29 is 18.5 Å². The van der Waals surface area contributed by atoms with Crippen LogP contribution in [0, 0.1) is 6.92 Å². The normalized spacial score (nSPS) is 12.7. The van der Waals surface area contributed by atoms with Crippen LogP contribution in [-0.2, 0) is 4.33 Å². The van der Waals surface area contributed by atoms with Gasteiger partial charge in [0.25, 0.3) is 6.73 Å². The third-order valence-electron chi connectivity index (χ3n) is 4.01. The molecule has 0 radical (unpaired) electrons. The predicted octanol–water partition coefficient (Wildman–Crippen LogP) is 5.13. The van der Waals surface area contributed by atoms with Gasteiger partial charge in [-0.1, -0.05) is 36.4 Å². The number of fused-ring (bicyclic) bond motifs is 1. The third kappa shape index (κ3) is 3.74. The van der Waals surface area contributed by atoms with Gasteiger partial charge in [0.05, 0.1) is 17.6 Å². The Labute approximate surface area is 156 Å². The van der Waals surface area contributed by atoms with Crippen molar-refractivity contribution in [2.75, 3.05) is 6.73 Å². The summed E-state index contributed by atoms with van der Waals surface area (Å²) in [6.07, 6.45) is 2.10. The summed E-state index contributed by atoms with van der Waals surface area (Å²) >= 11 is 1.18. The SMILES string of the molecule is Cc1cc(SOOc2ccccc2)cc2c1OC[N+](c1ccccc1)=C2. The molecular formula is C21H18NO3S+. The minimum Gasteiger partial charge on any atom is -0.435 e. The van der Waals surface area contributed by atoms with Crippen LogP contribution in [0.1, 0.15) is 11.1 Å². The molecule has 3 aromatic carbocycles. The van der Waals surface area contributed by atoms with Gasteiger partial charge in [-0.25, -0.2) is 0 Å². The smallest absolute Gasteiger partial charge is 0.292 e. The molecule has 0 aliphatic carbocycles. The summed E-state index contributed by atoms with van der Waals surface area (Å²) in [5.74, 6) is 1.57. The van der Waals surface area contributed by atoms with Gasteiger partial charge < -0.3 is 9.62 Å². The summed E-state index contributed by atoms with van der Waals surface area (Å²) in [4.78, 5) is 6.25. The van der Waals surface area contributed by atoms with Gasteiger partial charge in [0.1, 0.15) is 5.75 Å². The summed E-state index contributed by atoms with van der Waals surface area (Å²) in [5.41, 5.74) is 3.18. The zero-order valence-corrected chi connectivity index (χ0v) is 15.1. The molecule has 0 spiro atoms. The second-order valence-electron chi connectivity index (χ2n) is 5.91. The van der Waals surface area contributed by atoms with Crippen molar-refractivity contribution in [3.63, 3.8) is 0 Å². The van der Waals surface area contributed by atoms with Gasteiger partial charge in [-0.05, 0) is 36.8 Å². The van der Waals surface area contributed by atoms with Crippen LogP contribution in [0.25, 0.3) is 0 Å². The van der Waals surface area contributed by atoms with Gasteiger partial charge in [0.2, 0.25) is 5.69 Å². The number of rotatable bonds is 5. The number of ether oxygens (including phenoxy) is 1. The molecule has 0 fully saturated rings. The number of para-hydroxylation sites is 2. The number of aryl methyl sites for hydroxylation is 1. The van der Waals surface area contributed by atoms with E-state index in [1.807, 2.05) is 67.6 Å². The molecule has 1 aliphatic heterocycles. The van der Waals surface area contributed by atoms with Gasteiger partial charge in [0.15, 0.2) is 12.0 Å². The van der Waals surface area contributed by atoms with Gasteiger partial charge in [-0.15, -0.1) is 4.33 Å². The maximum atomic E-state index is 5.96. The van der Waals surface area contributed by atoms with E-state index < -0.39 is 0 Å². The molecule has 0 bridgehead atoms. The quantitative estimate of drug-likeness (QED) is 0.272. The summed E-state index contributed by atoms with van der Waals surface area (Å²) in [6, 6.07) is 23.7. The van der Waals surface area contributed by atoms with E-state index in [1.54, 1.807) is 0 Å². The van der Waals surface area contributed by atoms with Gasteiger partial charge >= 0.3 is 0 Å². The van der Waals surface area contributed by atoms with Crippen molar-refractivity contribution >= 4 is 23.9 Å². The lowest BCUT2D eigenvalue weighted by Gasteiger charge is -2.16. The molecular weight excluding hydrogens is 346 g/mol. The molecule has 0 N–H and O–H groups in total. The summed E-state index contributed by atoms with van der Waals surface area (Å²) in [5, 5.41) is 0. The van der Waals surface area contributed by atoms with Crippen molar-refractivity contribution in [3.05, 3.63) is 83.9 Å². The van der Waals surface area contributed by atoms with Crippen LogP contribution in [0.15, 0.2) is 77.7 Å². The van der Waals surface area contributed by atoms with Crippen LogP contribution in [0.4, 0.5) is 5.69 Å². The first-order chi connectivity index (χ1) is 12.8. The van der Waals surface area contributed by atoms with Crippen molar-refractivity contribution in [1.82, 2.24) is 0 Å². The molecule has 0 saturated carbocycles. The Morgan fingerprint density at radius 1 is 0.962 bits per heavy atom. The van der Waals surface area contributed by atoms with E-state index in [2.05, 4.69) is 22.9 Å². The highest BCUT2D eigenvalue weighted by Crippen LogP contribution is 2.32. The van der Waals surface area contributed by atoms with Crippen molar-refractivity contribution in [2.24, 2.45) is 0 Å². The number of hydrogen-bond donors (Lipinski definition) is 0. The highest BCUT2D eigenvalue weighted by atomic mass is 32.2. The minimum absolute atomic E-state index is 0.498. The summed E-state index contributed by atoms with van der Waals surface area (Å²) in [6.45, 7) is 2.53. The first-order valence-corrected chi connectivity index (χ1v) is 9.04. The van der Waals surface area contributed by atoms with Crippen molar-refractivity contribution in [3.8, 4) is 11.5 Å². The van der Waals surface area contributed by atoms with E-state index in [4.69, 9.17) is 14.0 Å². The molecule has 4 rings (SSSR count). The molecule has 0 aromatic heterocycles. The van der Waals surface area contributed by atoms with Gasteiger partial charge in [0, 0.05) is 17.0 Å². The number of nitrogens with zero attached hydrogens (tertiary/aromatic N) is 1. The second kappa shape index (κ2) is 7.64. The Morgan fingerprint density at radius 3 is 2.46 bits per heavy atom. The molecule has 130 valence electrons. The van der Waals surface area contributed by atoms with E-state index in [-0.39, 0.29) is 0 Å². The Hall–Kier alpha value is -2.76. The molecule has 5 heteroatoms. The van der Waals surface area contributed by atoms with Crippen molar-refractivity contribution in [1.29, 1.82) is 0 Å². The Morgan fingerprint density at radius 2 is 1.69 bits per heavy atom. The maximum Gasteiger partial charge on any atom is 0.292 e. The van der Waals surface area contributed by atoms with E-state index >= 15 is 0 Å². The van der Waals surface area contributed by atoms with Crippen molar-refractivity contribution in [2.45, 2.75) is 11.8 Å². The Bertz CT molecular complexity index is 927. The van der Waals surface area contributed by atoms with E-state index in [0.29, 0.717) is 12.5 Å². The second-order valence-corrected chi connectivity index (χ2v) is 6.69. The Balaban J connectivity index is 1.53. The van der Waals surface area contributed by atoms with Crippen LogP contribution in [0.5, 0.6) is 11.5 Å². The molecule has 0 amide bonds. The molecule has 26 heavy (non-hydrogen) atoms. The van der Waals surface area contributed by atoms with E-state index in [9.17, 15) is 0 Å². The number of benzene rings is 3. The van der Waals surface area contributed by atoms with Crippen LogP contribution < -0.4 is 9.62 Å². The highest BCUT2D eigenvalue weighted by Gasteiger charge is 2.21. The zero-order valence-electron chi connectivity index (χ0n) is 14.3. The lowest BCUT2D eigenvalue weighted by molar-refractivity contribution is -0.476. The lowest BCUT2D eigenvalue weighted by atomic mass is 10.1. The first kappa shape index (κ1) is 16.7. The monoisotopic (exact) mass is 364 g/mol. The standard InChI is InChI=1S/C21H18NO3S/c1-16-12-20(26-25-24-19-10-6-3-7-11-19)13-17-14-22(15-23-21(16)17)18-8-4-2-5-9-18/h2-14H,15H2,1H3/q+1. The van der Waals surface area contributed by atoms with E-state index in [1.165, 1.54) is 12.0 Å². The fourth-order valence-corrected chi connectivity index (χ4v) is 3.38. The molecule has 4 nitrogen and oxygen atoms in total. The number of hydrogen-bond acceptors (Lipinski definition) is 4. The predicted molar refractivity (Wildman–Crippen MR) is 102 cm³/mol. The molecule has 0 atom stereocenters. The fraction of sp³-hybridized carbons (Fsp3) is 0.0952. The highest BCUT2D eigenvalue weighted by molar-refractivity contribution is 7.94. The maximum absolute atomic E-state index is 5.96. The third-order valence-corrected chi connectivity index (χ3v) is 4.58. The Kier molecular flexibility index (Phi) is 4.91. The molecule has 1 aliphatic rings. The van der Waals surface area contributed by atoms with Gasteiger partial charge in [-0.2, -0.15) is 4.58 Å². The van der Waals surface area contributed by atoms with Crippen LogP contribution in [0.3, 0.4) is 0 Å². The average molecular weight is 364 g/mol. The summed E-state index contributed by atoms with van der Waals surface area (Å²) < 4.78 is 13.4. The fourth-order valence-electron chi connectivity index (χ4n) is 2.79. The van der Waals surface area contributed by atoms with Gasteiger partial charge in [-0.3, -0.25) is 0 Å². The summed E-state index contributed by atoms with van der Waals surface area (Å²) in [7, 11) is 0. The lowest BCUT2D eigenvalue weighted by Crippen LogP contribution is -2.21. The largest absolute Gasteiger partial charge is 0.435 e.